The fraction of sp³-hybridized carbons (Fsp3) is 0.286. The molecule has 2 N–H and O–H groups in total. The average molecular weight is 289 g/mol. The molecule has 1 aromatic heterocycles. The van der Waals surface area contributed by atoms with Gasteiger partial charge >= 0.3 is 0 Å². The molecule has 0 radical (unpaired) electrons. The van der Waals surface area contributed by atoms with Crippen molar-refractivity contribution in [3.8, 4) is 11.8 Å². The zero-order chi connectivity index (χ0) is 14.2. The van der Waals surface area contributed by atoms with Gasteiger partial charge in [-0.25, -0.2) is 0 Å². The van der Waals surface area contributed by atoms with Crippen molar-refractivity contribution in [2.24, 2.45) is 0 Å². The maximum absolute atomic E-state index is 9.80. The Bertz CT molecular complexity index is 566. The van der Waals surface area contributed by atoms with E-state index in [1.165, 1.54) is 0 Å². The summed E-state index contributed by atoms with van der Waals surface area (Å²) in [7, 11) is 0. The Balaban J connectivity index is 1.69. The smallest absolute Gasteiger partial charge is 0.120 e. The highest BCUT2D eigenvalue weighted by Crippen LogP contribution is 2.12. The SMILES string of the molecule is N#Cc1cccc(OCC(O)CNCc2cncs2)c1. The third-order valence-corrected chi connectivity index (χ3v) is 3.35. The lowest BCUT2D eigenvalue weighted by Gasteiger charge is -2.13. The van der Waals surface area contributed by atoms with Gasteiger partial charge in [-0.2, -0.15) is 5.26 Å². The molecular weight excluding hydrogens is 274 g/mol. The lowest BCUT2D eigenvalue weighted by molar-refractivity contribution is 0.106. The molecule has 2 aromatic rings. The van der Waals surface area contributed by atoms with Crippen LogP contribution in [0.1, 0.15) is 10.4 Å². The van der Waals surface area contributed by atoms with Crippen molar-refractivity contribution in [2.45, 2.75) is 12.6 Å². The minimum Gasteiger partial charge on any atom is -0.491 e. The number of thiazole rings is 1. The number of hydrogen-bond donors (Lipinski definition) is 2. The van der Waals surface area contributed by atoms with Crippen LogP contribution < -0.4 is 10.1 Å². The summed E-state index contributed by atoms with van der Waals surface area (Å²) in [6.07, 6.45) is 1.20. The molecule has 1 heterocycles. The van der Waals surface area contributed by atoms with Crippen LogP contribution in [-0.2, 0) is 6.54 Å². The van der Waals surface area contributed by atoms with Gasteiger partial charge in [-0.05, 0) is 18.2 Å². The summed E-state index contributed by atoms with van der Waals surface area (Å²) in [4.78, 5) is 5.10. The normalized spacial score (nSPS) is 11.8. The first-order valence-corrected chi connectivity index (χ1v) is 7.05. The van der Waals surface area contributed by atoms with Gasteiger partial charge in [-0.15, -0.1) is 11.3 Å². The van der Waals surface area contributed by atoms with Gasteiger partial charge in [0, 0.05) is 24.2 Å². The van der Waals surface area contributed by atoms with Crippen LogP contribution in [0.3, 0.4) is 0 Å². The zero-order valence-electron chi connectivity index (χ0n) is 10.8. The molecule has 1 atom stereocenters. The molecule has 0 aliphatic carbocycles. The molecule has 5 nitrogen and oxygen atoms in total. The molecule has 0 amide bonds. The molecule has 1 aromatic carbocycles. The van der Waals surface area contributed by atoms with Crippen LogP contribution in [0.25, 0.3) is 0 Å². The molecule has 0 aliphatic rings. The van der Waals surface area contributed by atoms with Gasteiger partial charge in [0.1, 0.15) is 18.5 Å². The largest absolute Gasteiger partial charge is 0.491 e. The van der Waals surface area contributed by atoms with E-state index in [4.69, 9.17) is 10.00 Å². The van der Waals surface area contributed by atoms with E-state index in [1.807, 2.05) is 6.07 Å². The van der Waals surface area contributed by atoms with E-state index in [2.05, 4.69) is 10.3 Å². The highest BCUT2D eigenvalue weighted by atomic mass is 32.1. The summed E-state index contributed by atoms with van der Waals surface area (Å²) in [5, 5.41) is 21.7. The number of aliphatic hydroxyl groups excluding tert-OH is 1. The van der Waals surface area contributed by atoms with E-state index < -0.39 is 6.10 Å². The standard InChI is InChI=1S/C14H15N3O2S/c15-5-11-2-1-3-13(4-11)19-9-12(18)6-16-7-14-8-17-10-20-14/h1-4,8,10,12,16,18H,6-7,9H2. The van der Waals surface area contributed by atoms with Crippen LogP contribution in [0, 0.1) is 11.3 Å². The van der Waals surface area contributed by atoms with E-state index in [0.29, 0.717) is 24.4 Å². The maximum Gasteiger partial charge on any atom is 0.120 e. The zero-order valence-corrected chi connectivity index (χ0v) is 11.6. The van der Waals surface area contributed by atoms with E-state index in [9.17, 15) is 5.11 Å². The predicted molar refractivity (Wildman–Crippen MR) is 76.5 cm³/mol. The monoisotopic (exact) mass is 289 g/mol. The second-order valence-corrected chi connectivity index (χ2v) is 5.17. The van der Waals surface area contributed by atoms with Crippen molar-refractivity contribution in [2.75, 3.05) is 13.2 Å². The van der Waals surface area contributed by atoms with Gasteiger partial charge in [-0.3, -0.25) is 4.98 Å². The molecule has 104 valence electrons. The molecule has 0 bridgehead atoms. The Morgan fingerprint density at radius 2 is 2.40 bits per heavy atom. The molecular formula is C14H15N3O2S. The van der Waals surface area contributed by atoms with Crippen molar-refractivity contribution in [3.05, 3.63) is 46.4 Å². The predicted octanol–water partition coefficient (Wildman–Crippen LogP) is 1.54. The molecule has 2 rings (SSSR count). The topological polar surface area (TPSA) is 78.2 Å². The number of ether oxygens (including phenoxy) is 1. The first-order chi connectivity index (χ1) is 9.78. The highest BCUT2D eigenvalue weighted by Gasteiger charge is 2.05. The fourth-order valence-electron chi connectivity index (χ4n) is 1.60. The van der Waals surface area contributed by atoms with Crippen molar-refractivity contribution in [1.29, 1.82) is 5.26 Å². The molecule has 20 heavy (non-hydrogen) atoms. The molecule has 0 saturated carbocycles. The minimum atomic E-state index is -0.603. The van der Waals surface area contributed by atoms with Crippen LogP contribution in [-0.4, -0.2) is 29.3 Å². The van der Waals surface area contributed by atoms with Gasteiger partial charge in [0.25, 0.3) is 0 Å². The number of nitrogens with one attached hydrogen (secondary N) is 1. The van der Waals surface area contributed by atoms with E-state index in [-0.39, 0.29) is 6.61 Å². The van der Waals surface area contributed by atoms with Crippen molar-refractivity contribution < 1.29 is 9.84 Å². The molecule has 1 unspecified atom stereocenters. The Morgan fingerprint density at radius 3 is 3.15 bits per heavy atom. The molecule has 0 fully saturated rings. The Morgan fingerprint density at radius 1 is 1.50 bits per heavy atom. The van der Waals surface area contributed by atoms with Crippen molar-refractivity contribution >= 4 is 11.3 Å². The second kappa shape index (κ2) is 7.60. The number of rotatable bonds is 7. The van der Waals surface area contributed by atoms with E-state index in [1.54, 1.807) is 47.3 Å². The summed E-state index contributed by atoms with van der Waals surface area (Å²) in [5.74, 6) is 0.588. The lowest BCUT2D eigenvalue weighted by atomic mass is 10.2. The van der Waals surface area contributed by atoms with Crippen molar-refractivity contribution in [1.82, 2.24) is 10.3 Å². The first-order valence-electron chi connectivity index (χ1n) is 6.17. The average Bonchev–Trinajstić information content (AvgIpc) is 2.98. The van der Waals surface area contributed by atoms with Gasteiger partial charge in [0.15, 0.2) is 0 Å². The Kier molecular flexibility index (Phi) is 5.50. The van der Waals surface area contributed by atoms with Crippen LogP contribution >= 0.6 is 11.3 Å². The first kappa shape index (κ1) is 14.5. The Labute approximate surface area is 121 Å². The third kappa shape index (κ3) is 4.63. The lowest BCUT2D eigenvalue weighted by Crippen LogP contribution is -2.31. The molecule has 0 saturated heterocycles. The van der Waals surface area contributed by atoms with Crippen molar-refractivity contribution in [3.63, 3.8) is 0 Å². The number of aliphatic hydroxyl groups is 1. The van der Waals surface area contributed by atoms with Crippen LogP contribution in [0.4, 0.5) is 0 Å². The molecule has 6 heteroatoms. The molecule has 0 aliphatic heterocycles. The second-order valence-electron chi connectivity index (χ2n) is 4.20. The number of aromatic nitrogens is 1. The quantitative estimate of drug-likeness (QED) is 0.808. The highest BCUT2D eigenvalue weighted by molar-refractivity contribution is 7.09. The maximum atomic E-state index is 9.80. The van der Waals surface area contributed by atoms with Crippen LogP contribution in [0.2, 0.25) is 0 Å². The van der Waals surface area contributed by atoms with Gasteiger partial charge in [0.05, 0.1) is 17.1 Å². The summed E-state index contributed by atoms with van der Waals surface area (Å²) in [5.41, 5.74) is 2.32. The van der Waals surface area contributed by atoms with Gasteiger partial charge in [0.2, 0.25) is 0 Å². The third-order valence-electron chi connectivity index (χ3n) is 2.57. The summed E-state index contributed by atoms with van der Waals surface area (Å²) in [6, 6.07) is 8.92. The molecule has 0 spiro atoms. The fourth-order valence-corrected chi connectivity index (χ4v) is 2.16. The van der Waals surface area contributed by atoms with Gasteiger partial charge in [-0.1, -0.05) is 6.07 Å². The van der Waals surface area contributed by atoms with Gasteiger partial charge < -0.3 is 15.2 Å². The van der Waals surface area contributed by atoms with E-state index >= 15 is 0 Å². The summed E-state index contributed by atoms with van der Waals surface area (Å²) in [6.45, 7) is 1.31. The number of benzene rings is 1. The van der Waals surface area contributed by atoms with Crippen LogP contribution in [0.15, 0.2) is 36.0 Å². The van der Waals surface area contributed by atoms with Crippen LogP contribution in [0.5, 0.6) is 5.75 Å². The Hall–Kier alpha value is -1.94. The summed E-state index contributed by atoms with van der Waals surface area (Å²) < 4.78 is 5.45. The number of hydrogen-bond acceptors (Lipinski definition) is 6. The minimum absolute atomic E-state index is 0.185. The number of nitriles is 1. The van der Waals surface area contributed by atoms with E-state index in [0.717, 1.165) is 4.88 Å². The number of nitrogens with zero attached hydrogens (tertiary/aromatic N) is 2. The summed E-state index contributed by atoms with van der Waals surface area (Å²) >= 11 is 1.57.